The van der Waals surface area contributed by atoms with E-state index in [1.807, 2.05) is 18.2 Å². The lowest BCUT2D eigenvalue weighted by Gasteiger charge is -2.46. The van der Waals surface area contributed by atoms with E-state index in [0.717, 1.165) is 95.3 Å². The van der Waals surface area contributed by atoms with E-state index in [2.05, 4.69) is 50.6 Å². The number of amides is 3. The zero-order valence-corrected chi connectivity index (χ0v) is 27.8. The van der Waals surface area contributed by atoms with Crippen molar-refractivity contribution in [2.24, 2.45) is 34.5 Å². The van der Waals surface area contributed by atoms with Crippen LogP contribution in [0.5, 0.6) is 0 Å². The Morgan fingerprint density at radius 2 is 1.14 bits per heavy atom. The summed E-state index contributed by atoms with van der Waals surface area (Å²) in [4.78, 5) is 41.4. The minimum atomic E-state index is -0.501. The van der Waals surface area contributed by atoms with Crippen LogP contribution in [0.4, 0.5) is 17.1 Å². The van der Waals surface area contributed by atoms with E-state index in [-0.39, 0.29) is 35.0 Å². The predicted molar refractivity (Wildman–Crippen MR) is 178 cm³/mol. The van der Waals surface area contributed by atoms with Crippen LogP contribution in [0.2, 0.25) is 0 Å². The third-order valence-electron chi connectivity index (χ3n) is 11.2. The van der Waals surface area contributed by atoms with Crippen LogP contribution in [-0.2, 0) is 14.4 Å². The summed E-state index contributed by atoms with van der Waals surface area (Å²) < 4.78 is 0. The number of carbonyl (C=O) groups is 3. The summed E-state index contributed by atoms with van der Waals surface area (Å²) >= 11 is 0. The van der Waals surface area contributed by atoms with Crippen molar-refractivity contribution in [3.63, 3.8) is 0 Å². The summed E-state index contributed by atoms with van der Waals surface area (Å²) in [6.45, 7) is 11.0. The van der Waals surface area contributed by atoms with Crippen molar-refractivity contribution in [2.45, 2.75) is 144 Å². The van der Waals surface area contributed by atoms with Crippen molar-refractivity contribution in [1.82, 2.24) is 0 Å². The van der Waals surface area contributed by atoms with Gasteiger partial charge in [-0.3, -0.25) is 14.4 Å². The first-order valence-electron chi connectivity index (χ1n) is 17.6. The molecule has 0 saturated heterocycles. The molecule has 0 aromatic heterocycles. The maximum atomic E-state index is 14.3. The van der Waals surface area contributed by atoms with Crippen LogP contribution >= 0.6 is 0 Å². The Labute approximate surface area is 261 Å². The summed E-state index contributed by atoms with van der Waals surface area (Å²) in [6, 6.07) is 5.61. The zero-order chi connectivity index (χ0) is 31.0. The second-order valence-corrected chi connectivity index (χ2v) is 15.1. The van der Waals surface area contributed by atoms with Gasteiger partial charge in [-0.15, -0.1) is 0 Å². The summed E-state index contributed by atoms with van der Waals surface area (Å²) in [5, 5.41) is 9.68. The lowest BCUT2D eigenvalue weighted by molar-refractivity contribution is -0.135. The van der Waals surface area contributed by atoms with Crippen LogP contribution in [0.3, 0.4) is 0 Å². The molecule has 3 fully saturated rings. The Bertz CT molecular complexity index is 1030. The molecule has 0 aliphatic heterocycles. The van der Waals surface area contributed by atoms with Crippen LogP contribution in [0.25, 0.3) is 0 Å². The first-order chi connectivity index (χ1) is 20.6. The van der Waals surface area contributed by atoms with Gasteiger partial charge in [0, 0.05) is 11.8 Å². The highest BCUT2D eigenvalue weighted by Gasteiger charge is 2.49. The Hall–Kier alpha value is -2.37. The molecule has 3 N–H and O–H groups in total. The first-order valence-corrected chi connectivity index (χ1v) is 17.6. The standard InChI is InChI=1S/C37H59N3O3/c1-6-12-26-16-20-28(21-17-26)33(41)38-30-14-11-15-31(39-34(42)29-22-18-27(13-7-2)19-23-29)32(30)40-35(43)37(36(3,4)5)24-9-8-10-25-37/h11,14-15,26-29H,6-10,12-13,16-25H2,1-5H3,(H,38,41)(H,39,42)(H,40,43). The quantitative estimate of drug-likeness (QED) is 0.252. The fraction of sp³-hybridized carbons (Fsp3) is 0.757. The van der Waals surface area contributed by atoms with E-state index < -0.39 is 5.41 Å². The number of carbonyl (C=O) groups excluding carboxylic acids is 3. The topological polar surface area (TPSA) is 87.3 Å². The summed E-state index contributed by atoms with van der Waals surface area (Å²) in [7, 11) is 0. The second kappa shape index (κ2) is 15.1. The maximum absolute atomic E-state index is 14.3. The molecule has 0 heterocycles. The van der Waals surface area contributed by atoms with Crippen molar-refractivity contribution < 1.29 is 14.4 Å². The van der Waals surface area contributed by atoms with Crippen LogP contribution in [0.1, 0.15) is 144 Å². The van der Waals surface area contributed by atoms with Crippen molar-refractivity contribution >= 4 is 34.8 Å². The van der Waals surface area contributed by atoms with Gasteiger partial charge in [0.1, 0.15) is 0 Å². The summed E-state index contributed by atoms with van der Waals surface area (Å²) in [5.74, 6) is 1.45. The van der Waals surface area contributed by atoms with Crippen LogP contribution < -0.4 is 16.0 Å². The molecule has 3 amide bonds. The number of hydrogen-bond acceptors (Lipinski definition) is 3. The van der Waals surface area contributed by atoms with Gasteiger partial charge < -0.3 is 16.0 Å². The Morgan fingerprint density at radius 3 is 1.53 bits per heavy atom. The minimum Gasteiger partial charge on any atom is -0.324 e. The highest BCUT2D eigenvalue weighted by Crippen LogP contribution is 2.51. The lowest BCUT2D eigenvalue weighted by Crippen LogP contribution is -2.47. The van der Waals surface area contributed by atoms with E-state index in [4.69, 9.17) is 0 Å². The summed E-state index contributed by atoms with van der Waals surface area (Å²) in [5.41, 5.74) is 0.978. The van der Waals surface area contributed by atoms with Crippen molar-refractivity contribution in [1.29, 1.82) is 0 Å². The van der Waals surface area contributed by atoms with E-state index in [9.17, 15) is 14.4 Å². The van der Waals surface area contributed by atoms with Gasteiger partial charge >= 0.3 is 0 Å². The molecule has 0 unspecified atom stereocenters. The van der Waals surface area contributed by atoms with Gasteiger partial charge in [0.25, 0.3) is 0 Å². The largest absolute Gasteiger partial charge is 0.324 e. The average molecular weight is 594 g/mol. The van der Waals surface area contributed by atoms with E-state index in [0.29, 0.717) is 17.1 Å². The van der Waals surface area contributed by atoms with Crippen LogP contribution in [0.15, 0.2) is 18.2 Å². The van der Waals surface area contributed by atoms with Gasteiger partial charge in [-0.2, -0.15) is 0 Å². The molecule has 4 rings (SSSR count). The molecule has 43 heavy (non-hydrogen) atoms. The van der Waals surface area contributed by atoms with Gasteiger partial charge in [-0.1, -0.05) is 85.6 Å². The number of benzene rings is 1. The molecule has 240 valence electrons. The highest BCUT2D eigenvalue weighted by molar-refractivity contribution is 6.08. The third kappa shape index (κ3) is 8.22. The summed E-state index contributed by atoms with van der Waals surface area (Å²) in [6.07, 6.45) is 17.8. The monoisotopic (exact) mass is 593 g/mol. The number of nitrogens with one attached hydrogen (secondary N) is 3. The van der Waals surface area contributed by atoms with Crippen molar-refractivity contribution in [3.05, 3.63) is 18.2 Å². The molecule has 0 bridgehead atoms. The van der Waals surface area contributed by atoms with Crippen LogP contribution in [-0.4, -0.2) is 17.7 Å². The molecule has 6 heteroatoms. The smallest absolute Gasteiger partial charge is 0.231 e. The Morgan fingerprint density at radius 1 is 0.698 bits per heavy atom. The number of hydrogen-bond donors (Lipinski definition) is 3. The third-order valence-corrected chi connectivity index (χ3v) is 11.2. The first kappa shape index (κ1) is 33.5. The van der Waals surface area contributed by atoms with Gasteiger partial charge in [0.05, 0.1) is 22.5 Å². The van der Waals surface area contributed by atoms with E-state index >= 15 is 0 Å². The minimum absolute atomic E-state index is 0.00274. The predicted octanol–water partition coefficient (Wildman–Crippen LogP) is 9.71. The molecule has 0 atom stereocenters. The number of anilines is 3. The van der Waals surface area contributed by atoms with Crippen LogP contribution in [0, 0.1) is 34.5 Å². The molecular formula is C37H59N3O3. The molecule has 0 radical (unpaired) electrons. The Balaban J connectivity index is 1.57. The molecule has 0 spiro atoms. The second-order valence-electron chi connectivity index (χ2n) is 15.1. The molecule has 1 aromatic carbocycles. The molecule has 1 aromatic rings. The fourth-order valence-electron chi connectivity index (χ4n) is 8.31. The Kier molecular flexibility index (Phi) is 11.8. The average Bonchev–Trinajstić information content (AvgIpc) is 2.99. The van der Waals surface area contributed by atoms with Crippen molar-refractivity contribution in [2.75, 3.05) is 16.0 Å². The SMILES string of the molecule is CCCC1CCC(C(=O)Nc2cccc(NC(=O)C3CCC(CCC)CC3)c2NC(=O)C2(C(C)(C)C)CCCCC2)CC1. The lowest BCUT2D eigenvalue weighted by atomic mass is 9.59. The molecule has 3 saturated carbocycles. The van der Waals surface area contributed by atoms with Crippen molar-refractivity contribution in [3.8, 4) is 0 Å². The normalized spacial score (nSPS) is 25.9. The fourth-order valence-corrected chi connectivity index (χ4v) is 8.31. The number of rotatable bonds is 10. The zero-order valence-electron chi connectivity index (χ0n) is 27.8. The molecule has 6 nitrogen and oxygen atoms in total. The number of para-hydroxylation sites is 1. The van der Waals surface area contributed by atoms with E-state index in [1.165, 1.54) is 25.7 Å². The van der Waals surface area contributed by atoms with Gasteiger partial charge in [0.15, 0.2) is 0 Å². The van der Waals surface area contributed by atoms with Gasteiger partial charge in [0.2, 0.25) is 17.7 Å². The molecule has 3 aliphatic rings. The van der Waals surface area contributed by atoms with Gasteiger partial charge in [-0.25, -0.2) is 0 Å². The highest BCUT2D eigenvalue weighted by atomic mass is 16.2. The van der Waals surface area contributed by atoms with Gasteiger partial charge in [-0.05, 0) is 93.6 Å². The molecular weight excluding hydrogens is 534 g/mol. The molecule has 3 aliphatic carbocycles. The van der Waals surface area contributed by atoms with E-state index in [1.54, 1.807) is 0 Å². The maximum Gasteiger partial charge on any atom is 0.231 e.